The minimum absolute atomic E-state index is 0.153. The lowest BCUT2D eigenvalue weighted by molar-refractivity contribution is -0.147. The molecule has 31 heavy (non-hydrogen) atoms. The van der Waals surface area contributed by atoms with Crippen LogP contribution in [0, 0.1) is 13.8 Å². The third-order valence-electron chi connectivity index (χ3n) is 4.67. The van der Waals surface area contributed by atoms with Crippen LogP contribution in [-0.2, 0) is 14.3 Å². The second-order valence-electron chi connectivity index (χ2n) is 7.12. The monoisotopic (exact) mass is 434 g/mol. The predicted octanol–water partition coefficient (Wildman–Crippen LogP) is 4.27. The van der Waals surface area contributed by atoms with Gasteiger partial charge in [-0.2, -0.15) is 0 Å². The van der Waals surface area contributed by atoms with Crippen molar-refractivity contribution in [3.05, 3.63) is 66.0 Å². The lowest BCUT2D eigenvalue weighted by atomic mass is 10.2. The first-order valence-corrected chi connectivity index (χ1v) is 10.7. The van der Waals surface area contributed by atoms with Crippen molar-refractivity contribution in [3.63, 3.8) is 0 Å². The average molecular weight is 435 g/mol. The summed E-state index contributed by atoms with van der Waals surface area (Å²) in [6, 6.07) is 18.0. The first kappa shape index (κ1) is 20.9. The highest BCUT2D eigenvalue weighted by Gasteiger charge is 2.23. The number of carbonyl (C=O) groups is 2. The molecule has 1 amide bonds. The van der Waals surface area contributed by atoms with Crippen LogP contribution in [0.5, 0.6) is 0 Å². The summed E-state index contributed by atoms with van der Waals surface area (Å²) in [6.07, 6.45) is 0.153. The molecule has 0 bridgehead atoms. The molecule has 3 aromatic rings. The number of ether oxygens (including phenoxy) is 1. The zero-order valence-electron chi connectivity index (χ0n) is 17.3. The second-order valence-corrected chi connectivity index (χ2v) is 8.21. The Kier molecular flexibility index (Phi) is 6.18. The van der Waals surface area contributed by atoms with Crippen LogP contribution in [0.2, 0.25) is 0 Å². The van der Waals surface area contributed by atoms with Gasteiger partial charge in [-0.3, -0.25) is 14.9 Å². The fraction of sp³-hybridized carbons (Fsp3) is 0.217. The minimum Gasteiger partial charge on any atom is -0.456 e. The summed E-state index contributed by atoms with van der Waals surface area (Å²) in [5.41, 5.74) is 3.62. The van der Waals surface area contributed by atoms with Gasteiger partial charge >= 0.3 is 5.97 Å². The summed E-state index contributed by atoms with van der Waals surface area (Å²) in [7, 11) is 0. The van der Waals surface area contributed by atoms with E-state index in [-0.39, 0.29) is 19.0 Å². The molecule has 8 heteroatoms. The standard InChI is InChI=1S/C23H22N4O3S/c1-15-13-16(2)25-23(24-15)26-21(28)14-30-22(29)11-12-27-17-7-3-5-9-19(17)31-20-10-6-4-8-18(20)27/h3-10,13H,11-12,14H2,1-2H3,(H,24,25,26,28). The molecular weight excluding hydrogens is 412 g/mol. The molecule has 7 nitrogen and oxygen atoms in total. The lowest BCUT2D eigenvalue weighted by Crippen LogP contribution is -2.26. The SMILES string of the molecule is Cc1cc(C)nc(NC(=O)COC(=O)CCN2c3ccccc3Sc3ccccc32)n1. The highest BCUT2D eigenvalue weighted by Crippen LogP contribution is 2.47. The number of para-hydroxylation sites is 2. The first-order chi connectivity index (χ1) is 15.0. The smallest absolute Gasteiger partial charge is 0.308 e. The van der Waals surface area contributed by atoms with E-state index in [1.807, 2.05) is 56.3 Å². The number of fused-ring (bicyclic) bond motifs is 2. The molecule has 0 radical (unpaired) electrons. The number of nitrogens with one attached hydrogen (secondary N) is 1. The van der Waals surface area contributed by atoms with Crippen LogP contribution in [0.3, 0.4) is 0 Å². The number of aryl methyl sites for hydroxylation is 2. The Hall–Kier alpha value is -3.39. The van der Waals surface area contributed by atoms with Crippen molar-refractivity contribution >= 4 is 41.0 Å². The van der Waals surface area contributed by atoms with Gasteiger partial charge in [-0.1, -0.05) is 36.0 Å². The van der Waals surface area contributed by atoms with Gasteiger partial charge in [0.05, 0.1) is 17.8 Å². The lowest BCUT2D eigenvalue weighted by Gasteiger charge is -2.32. The molecule has 2 heterocycles. The number of hydrogen-bond acceptors (Lipinski definition) is 7. The van der Waals surface area contributed by atoms with Crippen LogP contribution in [-0.4, -0.2) is 35.0 Å². The van der Waals surface area contributed by atoms with Crippen LogP contribution in [0.15, 0.2) is 64.4 Å². The Morgan fingerprint density at radius 2 is 1.55 bits per heavy atom. The molecule has 2 aromatic carbocycles. The van der Waals surface area contributed by atoms with Crippen molar-refractivity contribution in [2.45, 2.75) is 30.1 Å². The van der Waals surface area contributed by atoms with E-state index in [1.165, 1.54) is 0 Å². The number of aromatic nitrogens is 2. The molecule has 0 unspecified atom stereocenters. The zero-order valence-corrected chi connectivity index (χ0v) is 18.1. The number of nitrogens with zero attached hydrogens (tertiary/aromatic N) is 3. The Morgan fingerprint density at radius 1 is 0.968 bits per heavy atom. The number of benzene rings is 2. The Morgan fingerprint density at radius 3 is 2.16 bits per heavy atom. The zero-order chi connectivity index (χ0) is 21.8. The van der Waals surface area contributed by atoms with E-state index in [2.05, 4.69) is 32.3 Å². The van der Waals surface area contributed by atoms with Gasteiger partial charge < -0.3 is 9.64 Å². The van der Waals surface area contributed by atoms with Crippen molar-refractivity contribution < 1.29 is 14.3 Å². The van der Waals surface area contributed by atoms with Gasteiger partial charge in [-0.05, 0) is 44.2 Å². The maximum absolute atomic E-state index is 12.3. The summed E-state index contributed by atoms with van der Waals surface area (Å²) in [4.78, 5) is 37.1. The maximum Gasteiger partial charge on any atom is 0.308 e. The molecule has 0 atom stereocenters. The molecule has 1 aliphatic rings. The summed E-state index contributed by atoms with van der Waals surface area (Å²) < 4.78 is 5.17. The van der Waals surface area contributed by atoms with Crippen LogP contribution in [0.4, 0.5) is 17.3 Å². The van der Waals surface area contributed by atoms with Crippen molar-refractivity contribution in [3.8, 4) is 0 Å². The van der Waals surface area contributed by atoms with Gasteiger partial charge in [-0.25, -0.2) is 9.97 Å². The summed E-state index contributed by atoms with van der Waals surface area (Å²) in [5.74, 6) is -0.703. The van der Waals surface area contributed by atoms with E-state index in [4.69, 9.17) is 4.74 Å². The summed E-state index contributed by atoms with van der Waals surface area (Å²) in [5, 5.41) is 2.56. The third kappa shape index (κ3) is 5.03. The fourth-order valence-corrected chi connectivity index (χ4v) is 4.48. The van der Waals surface area contributed by atoms with Crippen LogP contribution in [0.1, 0.15) is 17.8 Å². The van der Waals surface area contributed by atoms with Gasteiger partial charge in [0.25, 0.3) is 5.91 Å². The molecule has 158 valence electrons. The normalized spacial score (nSPS) is 12.0. The van der Waals surface area contributed by atoms with Gasteiger partial charge in [0, 0.05) is 27.7 Å². The summed E-state index contributed by atoms with van der Waals surface area (Å²) >= 11 is 1.71. The van der Waals surface area contributed by atoms with E-state index >= 15 is 0 Å². The molecule has 0 saturated heterocycles. The topological polar surface area (TPSA) is 84.4 Å². The Balaban J connectivity index is 1.34. The van der Waals surface area contributed by atoms with Crippen LogP contribution >= 0.6 is 11.8 Å². The number of anilines is 3. The van der Waals surface area contributed by atoms with E-state index in [0.717, 1.165) is 32.6 Å². The highest BCUT2D eigenvalue weighted by atomic mass is 32.2. The molecule has 1 aliphatic heterocycles. The minimum atomic E-state index is -0.469. The van der Waals surface area contributed by atoms with Crippen molar-refractivity contribution in [1.82, 2.24) is 9.97 Å². The molecule has 4 rings (SSSR count). The van der Waals surface area contributed by atoms with E-state index in [1.54, 1.807) is 11.8 Å². The van der Waals surface area contributed by atoms with Crippen LogP contribution < -0.4 is 10.2 Å². The molecule has 0 aliphatic carbocycles. The van der Waals surface area contributed by atoms with Crippen molar-refractivity contribution in [2.24, 2.45) is 0 Å². The molecule has 1 N–H and O–H groups in total. The third-order valence-corrected chi connectivity index (χ3v) is 5.80. The van der Waals surface area contributed by atoms with Gasteiger partial charge in [0.1, 0.15) is 0 Å². The quantitative estimate of drug-likeness (QED) is 0.580. The Bertz CT molecular complexity index is 1070. The van der Waals surface area contributed by atoms with Gasteiger partial charge in [-0.15, -0.1) is 0 Å². The van der Waals surface area contributed by atoms with Crippen molar-refractivity contribution in [1.29, 1.82) is 0 Å². The predicted molar refractivity (Wildman–Crippen MR) is 120 cm³/mol. The van der Waals surface area contributed by atoms with Gasteiger partial charge in [0.2, 0.25) is 5.95 Å². The number of esters is 1. The van der Waals surface area contributed by atoms with E-state index in [0.29, 0.717) is 6.54 Å². The van der Waals surface area contributed by atoms with E-state index in [9.17, 15) is 9.59 Å². The molecule has 1 aromatic heterocycles. The number of hydrogen-bond donors (Lipinski definition) is 1. The average Bonchev–Trinajstić information content (AvgIpc) is 2.74. The van der Waals surface area contributed by atoms with Crippen molar-refractivity contribution in [2.75, 3.05) is 23.4 Å². The Labute approximate surface area is 184 Å². The first-order valence-electron chi connectivity index (χ1n) is 9.91. The number of rotatable bonds is 6. The van der Waals surface area contributed by atoms with Gasteiger partial charge in [0.15, 0.2) is 6.61 Å². The molecule has 0 fully saturated rings. The maximum atomic E-state index is 12.3. The van der Waals surface area contributed by atoms with E-state index < -0.39 is 11.9 Å². The molecule has 0 spiro atoms. The van der Waals surface area contributed by atoms with Crippen LogP contribution in [0.25, 0.3) is 0 Å². The fourth-order valence-electron chi connectivity index (χ4n) is 3.39. The summed E-state index contributed by atoms with van der Waals surface area (Å²) in [6.45, 7) is 3.72. The largest absolute Gasteiger partial charge is 0.456 e. The number of carbonyl (C=O) groups excluding carboxylic acids is 2. The molecule has 0 saturated carbocycles. The molecular formula is C23H22N4O3S. The highest BCUT2D eigenvalue weighted by molar-refractivity contribution is 7.99. The second kappa shape index (κ2) is 9.18. The number of amides is 1.